The molecule has 102 valence electrons. The number of nitriles is 1. The zero-order chi connectivity index (χ0) is 14.1. The van der Waals surface area contributed by atoms with Crippen molar-refractivity contribution in [3.8, 4) is 6.07 Å². The molecule has 6 nitrogen and oxygen atoms in total. The molecule has 0 radical (unpaired) electrons. The standard InChI is InChI=1S/C12H21N3O3/c1-4-14(8-6-7-13)12(18)15(5-2)10(3)9-11(16)17/h10H,4-6,8-9H2,1-3H3,(H,16,17). The van der Waals surface area contributed by atoms with Gasteiger partial charge in [-0.1, -0.05) is 0 Å². The molecule has 6 heteroatoms. The third-order valence-electron chi connectivity index (χ3n) is 2.73. The van der Waals surface area contributed by atoms with E-state index in [1.54, 1.807) is 11.8 Å². The predicted molar refractivity (Wildman–Crippen MR) is 67.0 cm³/mol. The molecule has 0 aliphatic rings. The van der Waals surface area contributed by atoms with E-state index in [2.05, 4.69) is 0 Å². The molecule has 0 aromatic rings. The van der Waals surface area contributed by atoms with Crippen LogP contribution in [0.5, 0.6) is 0 Å². The Hall–Kier alpha value is -1.77. The molecule has 0 aliphatic carbocycles. The lowest BCUT2D eigenvalue weighted by atomic mass is 10.2. The Bertz CT molecular complexity index is 325. The second-order valence-electron chi connectivity index (χ2n) is 4.00. The summed E-state index contributed by atoms with van der Waals surface area (Å²) in [5, 5.41) is 17.3. The van der Waals surface area contributed by atoms with Crippen molar-refractivity contribution in [1.82, 2.24) is 9.80 Å². The lowest BCUT2D eigenvalue weighted by Gasteiger charge is -2.32. The smallest absolute Gasteiger partial charge is 0.320 e. The molecular formula is C12H21N3O3. The Balaban J connectivity index is 4.66. The SMILES string of the molecule is CCN(CCC#N)C(=O)N(CC)C(C)CC(=O)O. The Morgan fingerprint density at radius 1 is 1.33 bits per heavy atom. The fourth-order valence-electron chi connectivity index (χ4n) is 1.75. The average molecular weight is 255 g/mol. The maximum atomic E-state index is 12.2. The molecular weight excluding hydrogens is 234 g/mol. The van der Waals surface area contributed by atoms with Gasteiger partial charge < -0.3 is 14.9 Å². The van der Waals surface area contributed by atoms with Gasteiger partial charge in [0.1, 0.15) is 0 Å². The van der Waals surface area contributed by atoms with Gasteiger partial charge in [-0.15, -0.1) is 0 Å². The molecule has 0 saturated heterocycles. The molecule has 2 amide bonds. The van der Waals surface area contributed by atoms with Gasteiger partial charge in [-0.05, 0) is 20.8 Å². The Kier molecular flexibility index (Phi) is 7.52. The van der Waals surface area contributed by atoms with Crippen LogP contribution in [0.25, 0.3) is 0 Å². The topological polar surface area (TPSA) is 84.6 Å². The van der Waals surface area contributed by atoms with E-state index in [1.165, 1.54) is 4.90 Å². The third kappa shape index (κ3) is 5.04. The first kappa shape index (κ1) is 16.2. The van der Waals surface area contributed by atoms with Crippen LogP contribution in [0.15, 0.2) is 0 Å². The van der Waals surface area contributed by atoms with Crippen LogP contribution in [-0.2, 0) is 4.79 Å². The van der Waals surface area contributed by atoms with Gasteiger partial charge in [0.15, 0.2) is 0 Å². The number of nitrogens with zero attached hydrogens (tertiary/aromatic N) is 3. The number of hydrogen-bond donors (Lipinski definition) is 1. The highest BCUT2D eigenvalue weighted by atomic mass is 16.4. The highest BCUT2D eigenvalue weighted by molar-refractivity contribution is 5.76. The van der Waals surface area contributed by atoms with E-state index in [0.29, 0.717) is 19.6 Å². The molecule has 0 heterocycles. The summed E-state index contributed by atoms with van der Waals surface area (Å²) in [5.41, 5.74) is 0. The third-order valence-corrected chi connectivity index (χ3v) is 2.73. The van der Waals surface area contributed by atoms with E-state index >= 15 is 0 Å². The summed E-state index contributed by atoms with van der Waals surface area (Å²) < 4.78 is 0. The highest BCUT2D eigenvalue weighted by Crippen LogP contribution is 2.08. The number of urea groups is 1. The number of rotatable bonds is 7. The van der Waals surface area contributed by atoms with Gasteiger partial charge in [0.25, 0.3) is 0 Å². The van der Waals surface area contributed by atoms with Crippen molar-refractivity contribution in [1.29, 1.82) is 5.26 Å². The van der Waals surface area contributed by atoms with Crippen molar-refractivity contribution >= 4 is 12.0 Å². The monoisotopic (exact) mass is 255 g/mol. The number of carbonyl (C=O) groups is 2. The van der Waals surface area contributed by atoms with E-state index in [4.69, 9.17) is 10.4 Å². The molecule has 0 aliphatic heterocycles. The van der Waals surface area contributed by atoms with Gasteiger partial charge in [-0.3, -0.25) is 4.79 Å². The van der Waals surface area contributed by atoms with Crippen LogP contribution in [0, 0.1) is 11.3 Å². The minimum Gasteiger partial charge on any atom is -0.481 e. The maximum absolute atomic E-state index is 12.2. The van der Waals surface area contributed by atoms with E-state index in [1.807, 2.05) is 19.9 Å². The minimum atomic E-state index is -0.922. The van der Waals surface area contributed by atoms with Crippen molar-refractivity contribution in [2.24, 2.45) is 0 Å². The Morgan fingerprint density at radius 3 is 2.33 bits per heavy atom. The molecule has 0 bridgehead atoms. The first-order valence-corrected chi connectivity index (χ1v) is 6.12. The first-order chi connectivity index (χ1) is 8.47. The van der Waals surface area contributed by atoms with Crippen molar-refractivity contribution in [3.63, 3.8) is 0 Å². The van der Waals surface area contributed by atoms with Gasteiger partial charge in [0.05, 0.1) is 18.9 Å². The molecule has 0 rings (SSSR count). The van der Waals surface area contributed by atoms with Crippen LogP contribution >= 0.6 is 0 Å². The quantitative estimate of drug-likeness (QED) is 0.747. The molecule has 18 heavy (non-hydrogen) atoms. The number of carboxylic acids is 1. The summed E-state index contributed by atoms with van der Waals surface area (Å²) in [6.45, 7) is 6.71. The van der Waals surface area contributed by atoms with Crippen molar-refractivity contribution < 1.29 is 14.7 Å². The van der Waals surface area contributed by atoms with Crippen LogP contribution in [0.3, 0.4) is 0 Å². The van der Waals surface area contributed by atoms with Gasteiger partial charge in [-0.2, -0.15) is 5.26 Å². The fourth-order valence-corrected chi connectivity index (χ4v) is 1.75. The van der Waals surface area contributed by atoms with Crippen LogP contribution in [0.2, 0.25) is 0 Å². The van der Waals surface area contributed by atoms with E-state index < -0.39 is 5.97 Å². The molecule has 1 N–H and O–H groups in total. The number of amides is 2. The lowest BCUT2D eigenvalue weighted by Crippen LogP contribution is -2.48. The number of aliphatic carboxylic acids is 1. The summed E-state index contributed by atoms with van der Waals surface area (Å²) in [4.78, 5) is 25.9. The molecule has 0 spiro atoms. The number of carbonyl (C=O) groups excluding carboxylic acids is 1. The zero-order valence-electron chi connectivity index (χ0n) is 11.2. The second-order valence-corrected chi connectivity index (χ2v) is 4.00. The molecule has 0 aromatic carbocycles. The fraction of sp³-hybridized carbons (Fsp3) is 0.750. The van der Waals surface area contributed by atoms with Gasteiger partial charge >= 0.3 is 12.0 Å². The van der Waals surface area contributed by atoms with Crippen molar-refractivity contribution in [2.45, 2.75) is 39.7 Å². The van der Waals surface area contributed by atoms with Crippen LogP contribution in [0.1, 0.15) is 33.6 Å². The summed E-state index contributed by atoms with van der Waals surface area (Å²) in [5.74, 6) is -0.922. The van der Waals surface area contributed by atoms with Crippen molar-refractivity contribution in [3.05, 3.63) is 0 Å². The molecule has 1 unspecified atom stereocenters. The zero-order valence-corrected chi connectivity index (χ0v) is 11.2. The summed E-state index contributed by atoms with van der Waals surface area (Å²) in [7, 11) is 0. The van der Waals surface area contributed by atoms with E-state index in [0.717, 1.165) is 0 Å². The molecule has 1 atom stereocenters. The lowest BCUT2D eigenvalue weighted by molar-refractivity contribution is -0.138. The van der Waals surface area contributed by atoms with Crippen molar-refractivity contribution in [2.75, 3.05) is 19.6 Å². The van der Waals surface area contributed by atoms with Crippen LogP contribution in [-0.4, -0.2) is 52.6 Å². The highest BCUT2D eigenvalue weighted by Gasteiger charge is 2.24. The first-order valence-electron chi connectivity index (χ1n) is 6.12. The van der Waals surface area contributed by atoms with Gasteiger partial charge in [-0.25, -0.2) is 4.79 Å². The summed E-state index contributed by atoms with van der Waals surface area (Å²) in [6, 6.07) is 1.44. The number of hydrogen-bond acceptors (Lipinski definition) is 3. The minimum absolute atomic E-state index is 0.0740. The average Bonchev–Trinajstić information content (AvgIpc) is 2.30. The Labute approximate surface area is 108 Å². The molecule has 0 aromatic heterocycles. The second kappa shape index (κ2) is 8.34. The van der Waals surface area contributed by atoms with Crippen LogP contribution < -0.4 is 0 Å². The number of carboxylic acid groups (broad SMARTS) is 1. The summed E-state index contributed by atoms with van der Waals surface area (Å²) in [6.07, 6.45) is 0.208. The maximum Gasteiger partial charge on any atom is 0.320 e. The van der Waals surface area contributed by atoms with Gasteiger partial charge in [0.2, 0.25) is 0 Å². The summed E-state index contributed by atoms with van der Waals surface area (Å²) >= 11 is 0. The molecule has 0 saturated carbocycles. The Morgan fingerprint density at radius 2 is 1.94 bits per heavy atom. The van der Waals surface area contributed by atoms with Crippen LogP contribution in [0.4, 0.5) is 4.79 Å². The largest absolute Gasteiger partial charge is 0.481 e. The predicted octanol–water partition coefficient (Wildman–Crippen LogP) is 1.53. The normalized spacial score (nSPS) is 11.4. The molecule has 0 fully saturated rings. The van der Waals surface area contributed by atoms with Gasteiger partial charge in [0, 0.05) is 25.7 Å². The van der Waals surface area contributed by atoms with E-state index in [-0.39, 0.29) is 24.9 Å². The van der Waals surface area contributed by atoms with E-state index in [9.17, 15) is 9.59 Å².